The van der Waals surface area contributed by atoms with Crippen LogP contribution in [0.2, 0.25) is 0 Å². The molecule has 2 rings (SSSR count). The molecule has 2 aromatic carbocycles. The van der Waals surface area contributed by atoms with Crippen LogP contribution in [0, 0.1) is 0 Å². The summed E-state index contributed by atoms with van der Waals surface area (Å²) in [6.07, 6.45) is 3.91. The first-order valence-corrected chi connectivity index (χ1v) is 9.98. The van der Waals surface area contributed by atoms with Crippen LogP contribution >= 0.6 is 0 Å². The number of carboxylic acids is 1. The largest absolute Gasteiger partial charge is 0.508 e. The number of nitrogens with zero attached hydrogens (tertiary/aromatic N) is 2. The Kier molecular flexibility index (Phi) is 8.96. The Bertz CT molecular complexity index is 898. The van der Waals surface area contributed by atoms with Gasteiger partial charge in [-0.1, -0.05) is 25.0 Å². The van der Waals surface area contributed by atoms with E-state index in [1.54, 1.807) is 37.3 Å². The third-order valence-corrected chi connectivity index (χ3v) is 4.71. The van der Waals surface area contributed by atoms with Gasteiger partial charge in [0.2, 0.25) is 5.91 Å². The maximum absolute atomic E-state index is 12.4. The first-order valence-electron chi connectivity index (χ1n) is 9.98. The summed E-state index contributed by atoms with van der Waals surface area (Å²) in [6, 6.07) is 10.9. The van der Waals surface area contributed by atoms with Gasteiger partial charge in [0.05, 0.1) is 17.2 Å². The fourth-order valence-corrected chi connectivity index (χ4v) is 2.93. The van der Waals surface area contributed by atoms with Crippen LogP contribution in [0.25, 0.3) is 0 Å². The predicted molar refractivity (Wildman–Crippen MR) is 115 cm³/mol. The van der Waals surface area contributed by atoms with Gasteiger partial charge in [0, 0.05) is 12.1 Å². The number of unbranched alkanes of at least 4 members (excludes halogenated alkanes) is 3. The number of phenols is 1. The number of hydrogen-bond donors (Lipinski definition) is 4. The average Bonchev–Trinajstić information content (AvgIpc) is 2.75. The fraction of sp³-hybridized carbons (Fsp3) is 0.364. The van der Waals surface area contributed by atoms with Gasteiger partial charge in [-0.3, -0.25) is 4.79 Å². The first kappa shape index (κ1) is 23.0. The highest BCUT2D eigenvalue weighted by Gasteiger charge is 2.19. The van der Waals surface area contributed by atoms with Gasteiger partial charge < -0.3 is 21.3 Å². The van der Waals surface area contributed by atoms with E-state index in [1.807, 2.05) is 0 Å². The number of nitrogens with two attached hydrogens (primary N) is 1. The normalized spacial score (nSPS) is 12.1. The van der Waals surface area contributed by atoms with E-state index in [0.29, 0.717) is 24.3 Å². The number of nitrogens with one attached hydrogen (secondary N) is 1. The summed E-state index contributed by atoms with van der Waals surface area (Å²) in [7, 11) is 0. The third-order valence-electron chi connectivity index (χ3n) is 4.71. The van der Waals surface area contributed by atoms with Crippen molar-refractivity contribution in [2.75, 3.05) is 13.1 Å². The number of phenolic OH excluding ortho intramolecular Hbond substituents is 1. The number of hydrogen-bond acceptors (Lipinski definition) is 6. The molecule has 0 aliphatic rings. The van der Waals surface area contributed by atoms with Gasteiger partial charge in [-0.25, -0.2) is 4.79 Å². The van der Waals surface area contributed by atoms with Crippen LogP contribution in [0.4, 0.5) is 11.4 Å². The van der Waals surface area contributed by atoms with Crippen LogP contribution in [0.1, 0.15) is 54.4 Å². The molecular formula is C22H28N4O4. The summed E-state index contributed by atoms with van der Waals surface area (Å²) in [6.45, 7) is 2.96. The third kappa shape index (κ3) is 6.66. The zero-order valence-corrected chi connectivity index (χ0v) is 17.0. The maximum Gasteiger partial charge on any atom is 0.337 e. The number of aromatic carboxylic acids is 1. The molecule has 0 saturated carbocycles. The molecule has 0 radical (unpaired) electrons. The lowest BCUT2D eigenvalue weighted by Crippen LogP contribution is -2.28. The average molecular weight is 412 g/mol. The van der Waals surface area contributed by atoms with E-state index in [4.69, 9.17) is 5.73 Å². The second kappa shape index (κ2) is 11.7. The van der Waals surface area contributed by atoms with E-state index in [1.165, 1.54) is 12.1 Å². The minimum Gasteiger partial charge on any atom is -0.508 e. The molecule has 2 aromatic rings. The second-order valence-electron chi connectivity index (χ2n) is 6.98. The summed E-state index contributed by atoms with van der Waals surface area (Å²) in [5.74, 6) is -1.86. The molecule has 8 heteroatoms. The molecule has 1 amide bonds. The highest BCUT2D eigenvalue weighted by atomic mass is 16.4. The standard InChI is InChI=1S/C22H28N4O4/c1-15(21(28)24-13-7-3-2-6-12-23)18-14-16(10-11-20(18)27)25-26-19-9-5-4-8-17(19)22(29)30/h4-5,8-11,14-15,27H,2-3,6-7,12-13,23H2,1H3,(H,24,28)(H,29,30). The van der Waals surface area contributed by atoms with Crippen molar-refractivity contribution in [1.82, 2.24) is 5.32 Å². The van der Waals surface area contributed by atoms with Crippen molar-refractivity contribution in [3.8, 4) is 5.75 Å². The Hall–Kier alpha value is -3.26. The Labute approximate surface area is 175 Å². The molecule has 0 spiro atoms. The summed E-state index contributed by atoms with van der Waals surface area (Å²) in [5, 5.41) is 30.4. The van der Waals surface area contributed by atoms with Gasteiger partial charge in [0.25, 0.3) is 0 Å². The lowest BCUT2D eigenvalue weighted by atomic mass is 9.98. The number of rotatable bonds is 11. The smallest absolute Gasteiger partial charge is 0.337 e. The number of amides is 1. The topological polar surface area (TPSA) is 137 Å². The molecule has 0 aliphatic heterocycles. The van der Waals surface area contributed by atoms with E-state index in [-0.39, 0.29) is 22.9 Å². The van der Waals surface area contributed by atoms with Crippen LogP contribution in [0.3, 0.4) is 0 Å². The van der Waals surface area contributed by atoms with Gasteiger partial charge in [-0.15, -0.1) is 5.11 Å². The number of benzene rings is 2. The molecule has 0 aliphatic carbocycles. The molecule has 0 aromatic heterocycles. The van der Waals surface area contributed by atoms with Gasteiger partial charge in [0.15, 0.2) is 0 Å². The summed E-state index contributed by atoms with van der Waals surface area (Å²) in [4.78, 5) is 23.7. The number of carboxylic acid groups (broad SMARTS) is 1. The molecule has 0 bridgehead atoms. The van der Waals surface area contributed by atoms with Crippen molar-refractivity contribution in [2.24, 2.45) is 16.0 Å². The Morgan fingerprint density at radius 1 is 1.07 bits per heavy atom. The number of aromatic hydroxyl groups is 1. The van der Waals surface area contributed by atoms with Crippen molar-refractivity contribution in [2.45, 2.75) is 38.5 Å². The van der Waals surface area contributed by atoms with Crippen LogP contribution in [0.15, 0.2) is 52.7 Å². The minimum atomic E-state index is -1.09. The van der Waals surface area contributed by atoms with Gasteiger partial charge in [-0.2, -0.15) is 5.11 Å². The molecule has 0 heterocycles. The molecule has 30 heavy (non-hydrogen) atoms. The molecule has 0 fully saturated rings. The van der Waals surface area contributed by atoms with Gasteiger partial charge >= 0.3 is 5.97 Å². The van der Waals surface area contributed by atoms with E-state index < -0.39 is 11.9 Å². The summed E-state index contributed by atoms with van der Waals surface area (Å²) >= 11 is 0. The number of carbonyl (C=O) groups is 2. The zero-order valence-electron chi connectivity index (χ0n) is 17.0. The quantitative estimate of drug-likeness (QED) is 0.323. The molecule has 160 valence electrons. The van der Waals surface area contributed by atoms with Crippen LogP contribution in [-0.2, 0) is 4.79 Å². The van der Waals surface area contributed by atoms with E-state index in [9.17, 15) is 19.8 Å². The Morgan fingerprint density at radius 2 is 1.80 bits per heavy atom. The van der Waals surface area contributed by atoms with Crippen molar-refractivity contribution in [3.05, 3.63) is 53.6 Å². The van der Waals surface area contributed by atoms with Crippen molar-refractivity contribution in [1.29, 1.82) is 0 Å². The Morgan fingerprint density at radius 3 is 2.53 bits per heavy atom. The fourth-order valence-electron chi connectivity index (χ4n) is 2.93. The second-order valence-corrected chi connectivity index (χ2v) is 6.98. The van der Waals surface area contributed by atoms with Crippen molar-refractivity contribution >= 4 is 23.3 Å². The molecular weight excluding hydrogens is 384 g/mol. The molecule has 1 unspecified atom stereocenters. The first-order chi connectivity index (χ1) is 14.4. The van der Waals surface area contributed by atoms with Crippen LogP contribution in [0.5, 0.6) is 5.75 Å². The van der Waals surface area contributed by atoms with E-state index in [0.717, 1.165) is 25.7 Å². The van der Waals surface area contributed by atoms with Crippen molar-refractivity contribution in [3.63, 3.8) is 0 Å². The predicted octanol–water partition coefficient (Wildman–Crippen LogP) is 4.24. The van der Waals surface area contributed by atoms with Gasteiger partial charge in [-0.05, 0) is 56.6 Å². The molecule has 1 atom stereocenters. The van der Waals surface area contributed by atoms with Crippen molar-refractivity contribution < 1.29 is 19.8 Å². The minimum absolute atomic E-state index is 0.00881. The maximum atomic E-state index is 12.4. The zero-order chi connectivity index (χ0) is 21.9. The summed E-state index contributed by atoms with van der Waals surface area (Å²) in [5.41, 5.74) is 6.56. The van der Waals surface area contributed by atoms with E-state index >= 15 is 0 Å². The highest BCUT2D eigenvalue weighted by Crippen LogP contribution is 2.31. The molecule has 8 nitrogen and oxygen atoms in total. The van der Waals surface area contributed by atoms with E-state index in [2.05, 4.69) is 15.5 Å². The highest BCUT2D eigenvalue weighted by molar-refractivity contribution is 5.93. The van der Waals surface area contributed by atoms with Gasteiger partial charge in [0.1, 0.15) is 11.4 Å². The monoisotopic (exact) mass is 412 g/mol. The lowest BCUT2D eigenvalue weighted by molar-refractivity contribution is -0.122. The number of carbonyl (C=O) groups excluding carboxylic acids is 1. The SMILES string of the molecule is CC(C(=O)NCCCCCCN)c1cc(N=Nc2ccccc2C(=O)O)ccc1O. The van der Waals surface area contributed by atoms with Crippen LogP contribution < -0.4 is 11.1 Å². The Balaban J connectivity index is 2.06. The number of azo groups is 1. The van der Waals surface area contributed by atoms with Crippen LogP contribution in [-0.4, -0.2) is 35.2 Å². The lowest BCUT2D eigenvalue weighted by Gasteiger charge is -2.14. The molecule has 5 N–H and O–H groups in total. The molecule has 0 saturated heterocycles. The summed E-state index contributed by atoms with van der Waals surface area (Å²) < 4.78 is 0.